The fourth-order valence-electron chi connectivity index (χ4n) is 5.12. The van der Waals surface area contributed by atoms with Crippen molar-refractivity contribution in [3.05, 3.63) is 35.9 Å². The second-order valence-corrected chi connectivity index (χ2v) is 10.4. The largest absolute Gasteiger partial charge is 0.462 e. The third-order valence-electron chi connectivity index (χ3n) is 7.04. The summed E-state index contributed by atoms with van der Waals surface area (Å²) in [6, 6.07) is 6.92. The van der Waals surface area contributed by atoms with Gasteiger partial charge in [-0.3, -0.25) is 0 Å². The number of para-hydroxylation sites is 1. The lowest BCUT2D eigenvalue weighted by molar-refractivity contribution is 0.188. The van der Waals surface area contributed by atoms with Crippen molar-refractivity contribution in [1.82, 2.24) is 25.2 Å². The number of nitrogen functional groups attached to an aromatic ring is 1. The molecule has 2 aliphatic heterocycles. The van der Waals surface area contributed by atoms with Crippen LogP contribution in [-0.2, 0) is 0 Å². The number of likely N-dealkylation sites (N-methyl/N-ethyl adjacent to an activating group) is 1. The maximum Gasteiger partial charge on any atom is 0.319 e. The van der Waals surface area contributed by atoms with E-state index in [9.17, 15) is 0 Å². The van der Waals surface area contributed by atoms with Gasteiger partial charge in [0.2, 0.25) is 0 Å². The fraction of sp³-hybridized carbons (Fsp3) is 0.400. The maximum atomic E-state index is 16.2. The van der Waals surface area contributed by atoms with E-state index < -0.39 is 11.6 Å². The zero-order valence-electron chi connectivity index (χ0n) is 19.9. The second kappa shape index (κ2) is 9.38. The van der Waals surface area contributed by atoms with Crippen molar-refractivity contribution >= 4 is 43.4 Å². The van der Waals surface area contributed by atoms with Crippen LogP contribution in [-0.4, -0.2) is 72.3 Å². The molecule has 4 heterocycles. The Morgan fingerprint density at radius 3 is 2.75 bits per heavy atom. The molecule has 0 radical (unpaired) electrons. The van der Waals surface area contributed by atoms with Crippen LogP contribution in [0.4, 0.5) is 19.7 Å². The number of nitrogens with zero attached hydrogens (tertiary/aromatic N) is 5. The Morgan fingerprint density at radius 2 is 1.97 bits per heavy atom. The highest BCUT2D eigenvalue weighted by atomic mass is 32.1. The number of rotatable bonds is 5. The minimum absolute atomic E-state index is 0.0323. The first kappa shape index (κ1) is 23.3. The molecule has 2 fully saturated rings. The first-order valence-corrected chi connectivity index (χ1v) is 12.9. The number of fused-ring (bicyclic) bond motifs is 2. The highest BCUT2D eigenvalue weighted by Gasteiger charge is 2.26. The third-order valence-corrected chi connectivity index (χ3v) is 7.89. The Morgan fingerprint density at radius 1 is 1.14 bits per heavy atom. The number of nitrogens with two attached hydrogens (primary N) is 1. The molecule has 0 saturated carbocycles. The molecule has 188 valence electrons. The highest BCUT2D eigenvalue weighted by Crippen LogP contribution is 2.39. The minimum atomic E-state index is -0.759. The van der Waals surface area contributed by atoms with Gasteiger partial charge in [-0.15, -0.1) is 0 Å². The van der Waals surface area contributed by atoms with E-state index in [-0.39, 0.29) is 23.1 Å². The maximum absolute atomic E-state index is 16.2. The van der Waals surface area contributed by atoms with Crippen LogP contribution in [0.15, 0.2) is 24.3 Å². The van der Waals surface area contributed by atoms with Crippen molar-refractivity contribution in [3.8, 4) is 17.1 Å². The summed E-state index contributed by atoms with van der Waals surface area (Å²) < 4.78 is 38.6. The van der Waals surface area contributed by atoms with Gasteiger partial charge in [-0.1, -0.05) is 23.5 Å². The van der Waals surface area contributed by atoms with Gasteiger partial charge in [-0.2, -0.15) is 9.97 Å². The van der Waals surface area contributed by atoms with Crippen LogP contribution in [0, 0.1) is 11.6 Å². The van der Waals surface area contributed by atoms with E-state index in [4.69, 9.17) is 10.5 Å². The molecule has 1 unspecified atom stereocenters. The zero-order valence-corrected chi connectivity index (χ0v) is 20.7. The molecular weight excluding hydrogens is 484 g/mol. The minimum Gasteiger partial charge on any atom is -0.462 e. The normalized spacial score (nSPS) is 19.0. The summed E-state index contributed by atoms with van der Waals surface area (Å²) in [4.78, 5) is 17.7. The first-order valence-electron chi connectivity index (χ1n) is 12.1. The van der Waals surface area contributed by atoms with Crippen LogP contribution >= 0.6 is 11.3 Å². The number of benzene rings is 2. The molecule has 36 heavy (non-hydrogen) atoms. The van der Waals surface area contributed by atoms with E-state index in [1.165, 1.54) is 17.4 Å². The molecule has 2 saturated heterocycles. The van der Waals surface area contributed by atoms with Gasteiger partial charge in [-0.25, -0.2) is 13.8 Å². The van der Waals surface area contributed by atoms with Crippen LogP contribution in [0.25, 0.3) is 32.2 Å². The van der Waals surface area contributed by atoms with Crippen molar-refractivity contribution in [3.63, 3.8) is 0 Å². The predicted molar refractivity (Wildman–Crippen MR) is 139 cm³/mol. The van der Waals surface area contributed by atoms with Gasteiger partial charge in [0.25, 0.3) is 0 Å². The zero-order chi connectivity index (χ0) is 24.8. The summed E-state index contributed by atoms with van der Waals surface area (Å²) in [7, 11) is 2.06. The lowest BCUT2D eigenvalue weighted by atomic mass is 10.0. The fourth-order valence-corrected chi connectivity index (χ4v) is 5.88. The van der Waals surface area contributed by atoms with Crippen LogP contribution in [0.5, 0.6) is 6.01 Å². The van der Waals surface area contributed by atoms with Crippen LogP contribution in [0.1, 0.15) is 12.8 Å². The van der Waals surface area contributed by atoms with Crippen molar-refractivity contribution in [2.24, 2.45) is 0 Å². The monoisotopic (exact) mass is 511 g/mol. The molecule has 0 amide bonds. The van der Waals surface area contributed by atoms with Gasteiger partial charge >= 0.3 is 6.01 Å². The standard InChI is InChI=1S/C25H27F2N7OS/c1-33-9-3-4-14(33)13-35-25-31-22-16(23(32-25)34-10-7-29-8-11-34)12-17(26)19(20(22)27)15-5-2-6-18-21(15)30-24(28)36-18/h2,5-6,12,14,29H,3-4,7-11,13H2,1H3,(H2,28,30). The van der Waals surface area contributed by atoms with Gasteiger partial charge in [0.05, 0.1) is 15.8 Å². The lowest BCUT2D eigenvalue weighted by Gasteiger charge is -2.29. The van der Waals surface area contributed by atoms with E-state index in [1.807, 2.05) is 11.0 Å². The average molecular weight is 512 g/mol. The molecule has 0 aliphatic carbocycles. The topological polar surface area (TPSA) is 92.4 Å². The quantitative estimate of drug-likeness (QED) is 0.420. The average Bonchev–Trinajstić information content (AvgIpc) is 3.47. The van der Waals surface area contributed by atoms with E-state index in [0.717, 1.165) is 37.2 Å². The number of hydrogen-bond acceptors (Lipinski definition) is 9. The number of aromatic nitrogens is 3. The Hall–Kier alpha value is -3.15. The van der Waals surface area contributed by atoms with Gasteiger partial charge in [0, 0.05) is 43.2 Å². The molecule has 0 spiro atoms. The summed E-state index contributed by atoms with van der Waals surface area (Å²) in [6.07, 6.45) is 2.14. The molecule has 2 aliphatic rings. The molecular formula is C25H27F2N7OS. The number of ether oxygens (including phenoxy) is 1. The molecule has 2 aromatic heterocycles. The second-order valence-electron chi connectivity index (χ2n) is 9.30. The number of hydrogen-bond donors (Lipinski definition) is 2. The predicted octanol–water partition coefficient (Wildman–Crippen LogP) is 3.65. The summed E-state index contributed by atoms with van der Waals surface area (Å²) in [5, 5.41) is 3.97. The van der Waals surface area contributed by atoms with Crippen molar-refractivity contribution in [2.45, 2.75) is 18.9 Å². The number of likely N-dealkylation sites (tertiary alicyclic amines) is 1. The molecule has 2 aromatic carbocycles. The molecule has 6 rings (SSSR count). The number of halogens is 2. The van der Waals surface area contributed by atoms with E-state index >= 15 is 8.78 Å². The first-order chi connectivity index (χ1) is 17.5. The molecule has 3 N–H and O–H groups in total. The number of thiazole rings is 1. The molecule has 4 aromatic rings. The van der Waals surface area contributed by atoms with Crippen LogP contribution in [0.2, 0.25) is 0 Å². The van der Waals surface area contributed by atoms with Crippen molar-refractivity contribution < 1.29 is 13.5 Å². The summed E-state index contributed by atoms with van der Waals surface area (Å²) >= 11 is 1.28. The van der Waals surface area contributed by atoms with E-state index in [1.54, 1.807) is 12.1 Å². The SMILES string of the molecule is CN1CCCC1COc1nc(N2CCNCC2)c2cc(F)c(-c3cccc4sc(N)nc34)c(F)c2n1. The molecule has 0 bridgehead atoms. The summed E-state index contributed by atoms with van der Waals surface area (Å²) in [5.74, 6) is -0.970. The Balaban J connectivity index is 1.50. The molecule has 11 heteroatoms. The van der Waals surface area contributed by atoms with Crippen molar-refractivity contribution in [1.29, 1.82) is 0 Å². The smallest absolute Gasteiger partial charge is 0.319 e. The van der Waals surface area contributed by atoms with Gasteiger partial charge in [0.15, 0.2) is 10.9 Å². The van der Waals surface area contributed by atoms with Gasteiger partial charge < -0.3 is 25.6 Å². The van der Waals surface area contributed by atoms with E-state index in [0.29, 0.717) is 47.1 Å². The van der Waals surface area contributed by atoms with Gasteiger partial charge in [-0.05, 0) is 38.6 Å². The molecule has 8 nitrogen and oxygen atoms in total. The van der Waals surface area contributed by atoms with Crippen molar-refractivity contribution in [2.75, 3.05) is 57.0 Å². The number of anilines is 2. The third kappa shape index (κ3) is 4.10. The van der Waals surface area contributed by atoms with Crippen LogP contribution in [0.3, 0.4) is 0 Å². The Bertz CT molecular complexity index is 1440. The highest BCUT2D eigenvalue weighted by molar-refractivity contribution is 7.22. The van der Waals surface area contributed by atoms with E-state index in [2.05, 4.69) is 32.2 Å². The lowest BCUT2D eigenvalue weighted by Crippen LogP contribution is -2.44. The summed E-state index contributed by atoms with van der Waals surface area (Å²) in [5.41, 5.74) is 6.56. The van der Waals surface area contributed by atoms with Crippen LogP contribution < -0.4 is 20.7 Å². The Kier molecular flexibility index (Phi) is 6.06. The Labute approximate surface area is 211 Å². The summed E-state index contributed by atoms with van der Waals surface area (Å²) in [6.45, 7) is 4.27. The number of piperazine rings is 1. The number of nitrogens with one attached hydrogen (secondary N) is 1. The molecule has 1 atom stereocenters. The van der Waals surface area contributed by atoms with Gasteiger partial charge in [0.1, 0.15) is 23.8 Å².